The quantitative estimate of drug-likeness (QED) is 0.734. The van der Waals surface area contributed by atoms with Crippen LogP contribution in [0.1, 0.15) is 42.9 Å². The average molecular weight is 435 g/mol. The van der Waals surface area contributed by atoms with E-state index in [0.717, 1.165) is 50.5 Å². The van der Waals surface area contributed by atoms with Crippen molar-refractivity contribution in [2.75, 3.05) is 25.0 Å². The molecule has 0 radical (unpaired) electrons. The molecule has 4 nitrogen and oxygen atoms in total. The maximum Gasteiger partial charge on any atom is 0.416 e. The van der Waals surface area contributed by atoms with Crippen LogP contribution in [0, 0.1) is 11.8 Å². The lowest BCUT2D eigenvalue weighted by Gasteiger charge is -2.48. The molecule has 0 amide bonds. The first kappa shape index (κ1) is 21.0. The number of fused-ring (bicyclic) bond motifs is 3. The molecule has 2 fully saturated rings. The highest BCUT2D eigenvalue weighted by Gasteiger charge is 2.45. The lowest BCUT2D eigenvalue weighted by Crippen LogP contribution is -2.48. The summed E-state index contributed by atoms with van der Waals surface area (Å²) in [6, 6.07) is 4.12. The Labute approximate surface area is 180 Å². The summed E-state index contributed by atoms with van der Waals surface area (Å²) in [5.74, 6) is 0.416. The number of hydrogen-bond donors (Lipinski definition) is 2. The number of halogens is 3. The first-order valence-corrected chi connectivity index (χ1v) is 11.3. The van der Waals surface area contributed by atoms with Gasteiger partial charge < -0.3 is 15.2 Å². The summed E-state index contributed by atoms with van der Waals surface area (Å²) in [5.41, 5.74) is 0.746. The summed E-state index contributed by atoms with van der Waals surface area (Å²) in [7, 11) is 0. The van der Waals surface area contributed by atoms with Gasteiger partial charge in [-0.15, -0.1) is 0 Å². The normalized spacial score (nSPS) is 35.5. The fourth-order valence-corrected chi connectivity index (χ4v) is 5.66. The Morgan fingerprint density at radius 3 is 2.74 bits per heavy atom. The lowest BCUT2D eigenvalue weighted by molar-refractivity contribution is -0.138. The molecule has 6 atom stereocenters. The molecular weight excluding hydrogens is 405 g/mol. The summed E-state index contributed by atoms with van der Waals surface area (Å²) in [6.45, 7) is 2.21. The second-order valence-electron chi connectivity index (χ2n) is 9.30. The Morgan fingerprint density at radius 1 is 1.16 bits per heavy atom. The molecule has 1 unspecified atom stereocenters. The van der Waals surface area contributed by atoms with E-state index in [1.807, 2.05) is 6.08 Å². The second-order valence-corrected chi connectivity index (χ2v) is 9.30. The van der Waals surface area contributed by atoms with Crippen molar-refractivity contribution in [2.45, 2.75) is 56.2 Å². The second kappa shape index (κ2) is 8.26. The van der Waals surface area contributed by atoms with E-state index in [4.69, 9.17) is 4.74 Å². The summed E-state index contributed by atoms with van der Waals surface area (Å²) in [6.07, 6.45) is 6.86. The Bertz CT molecular complexity index is 869. The first-order valence-electron chi connectivity index (χ1n) is 11.3. The number of likely N-dealkylation sites (tertiary alicyclic amines) is 1. The molecule has 4 aliphatic rings. The van der Waals surface area contributed by atoms with Gasteiger partial charge in [-0.25, -0.2) is 0 Å². The number of ether oxygens (including phenoxy) is 1. The molecule has 1 aliphatic carbocycles. The van der Waals surface area contributed by atoms with E-state index in [9.17, 15) is 18.3 Å². The van der Waals surface area contributed by atoms with Crippen molar-refractivity contribution in [3.8, 4) is 0 Å². The van der Waals surface area contributed by atoms with Crippen LogP contribution in [0.2, 0.25) is 0 Å². The van der Waals surface area contributed by atoms with E-state index in [1.165, 1.54) is 6.07 Å². The molecule has 2 N–H and O–H groups in total. The van der Waals surface area contributed by atoms with Crippen LogP contribution in [-0.2, 0) is 10.9 Å². The van der Waals surface area contributed by atoms with Crippen molar-refractivity contribution < 1.29 is 23.0 Å². The largest absolute Gasteiger partial charge is 0.416 e. The van der Waals surface area contributed by atoms with Crippen LogP contribution in [-0.4, -0.2) is 47.9 Å². The number of nitrogens with one attached hydrogen (secondary N) is 1. The number of rotatable bonds is 3. The van der Waals surface area contributed by atoms with Crippen LogP contribution >= 0.6 is 0 Å². The highest BCUT2D eigenvalue weighted by atomic mass is 19.4. The van der Waals surface area contributed by atoms with Crippen molar-refractivity contribution in [1.82, 2.24) is 4.90 Å². The molecule has 2 saturated heterocycles. The molecule has 31 heavy (non-hydrogen) atoms. The highest BCUT2D eigenvalue weighted by molar-refractivity contribution is 5.58. The fraction of sp³-hybridized carbons (Fsp3) is 0.583. The minimum atomic E-state index is -4.38. The van der Waals surface area contributed by atoms with E-state index < -0.39 is 11.7 Å². The number of benzene rings is 1. The van der Waals surface area contributed by atoms with Crippen molar-refractivity contribution in [3.05, 3.63) is 53.6 Å². The van der Waals surface area contributed by atoms with Crippen LogP contribution in [0.5, 0.6) is 0 Å². The van der Waals surface area contributed by atoms with Crippen LogP contribution < -0.4 is 5.32 Å². The molecule has 1 aromatic carbocycles. The third-order valence-electron chi connectivity index (χ3n) is 7.20. The maximum atomic E-state index is 13.4. The molecule has 3 heterocycles. The SMILES string of the molecule is O[C@H]1CCN(C[C@H]2CC[C@@H]3[C@H](O2)c2cc(C(F)(F)F)ccc2N[C@H]3C2C=CC=CC2)C1. The van der Waals surface area contributed by atoms with Gasteiger partial charge in [-0.05, 0) is 43.9 Å². The molecule has 1 aromatic rings. The van der Waals surface area contributed by atoms with Gasteiger partial charge in [0.05, 0.1) is 23.9 Å². The third-order valence-corrected chi connectivity index (χ3v) is 7.20. The Balaban J connectivity index is 1.43. The smallest absolute Gasteiger partial charge is 0.392 e. The summed E-state index contributed by atoms with van der Waals surface area (Å²) in [5, 5.41) is 13.4. The standard InChI is InChI=1S/C24H29F3N2O2/c25-24(26,27)16-6-9-21-20(12-16)23-19(22(28-21)15-4-2-1-3-5-15)8-7-18(31-23)14-29-11-10-17(30)13-29/h1-4,6,9,12,15,17-19,22-23,28,30H,5,7-8,10-11,13-14H2/t15?,17-,18+,19-,22-,23-/m0/s1. The Morgan fingerprint density at radius 2 is 2.03 bits per heavy atom. The van der Waals surface area contributed by atoms with Gasteiger partial charge in [0, 0.05) is 48.8 Å². The zero-order valence-electron chi connectivity index (χ0n) is 17.4. The van der Waals surface area contributed by atoms with Gasteiger partial charge in [0.2, 0.25) is 0 Å². The van der Waals surface area contributed by atoms with Crippen LogP contribution in [0.3, 0.4) is 0 Å². The molecule has 0 aromatic heterocycles. The molecule has 168 valence electrons. The van der Waals surface area contributed by atoms with Gasteiger partial charge in [-0.2, -0.15) is 13.2 Å². The number of aliphatic hydroxyl groups is 1. The third kappa shape index (κ3) is 4.28. The van der Waals surface area contributed by atoms with Crippen molar-refractivity contribution in [1.29, 1.82) is 0 Å². The number of aliphatic hydroxyl groups excluding tert-OH is 1. The monoisotopic (exact) mass is 434 g/mol. The van der Waals surface area contributed by atoms with Gasteiger partial charge >= 0.3 is 6.18 Å². The number of hydrogen-bond acceptors (Lipinski definition) is 4. The first-order chi connectivity index (χ1) is 14.9. The van der Waals surface area contributed by atoms with Crippen molar-refractivity contribution >= 4 is 5.69 Å². The summed E-state index contributed by atoms with van der Waals surface area (Å²) < 4.78 is 46.8. The summed E-state index contributed by atoms with van der Waals surface area (Å²) >= 11 is 0. The zero-order chi connectivity index (χ0) is 21.6. The number of allylic oxidation sites excluding steroid dienone is 3. The molecule has 0 bridgehead atoms. The van der Waals surface area contributed by atoms with E-state index in [0.29, 0.717) is 18.0 Å². The van der Waals surface area contributed by atoms with Gasteiger partial charge in [-0.3, -0.25) is 4.90 Å². The van der Waals surface area contributed by atoms with Gasteiger partial charge in [0.15, 0.2) is 0 Å². The molecular formula is C24H29F3N2O2. The molecule has 5 rings (SSSR count). The number of β-amino-alcohol motifs (C(OH)–C–C–N with tert-alkyl or cyclic N) is 1. The predicted molar refractivity (Wildman–Crippen MR) is 113 cm³/mol. The highest BCUT2D eigenvalue weighted by Crippen LogP contribution is 2.49. The predicted octanol–water partition coefficient (Wildman–Crippen LogP) is 4.53. The lowest BCUT2D eigenvalue weighted by atomic mass is 9.73. The molecule has 0 spiro atoms. The molecule has 0 saturated carbocycles. The van der Waals surface area contributed by atoms with E-state index in [-0.39, 0.29) is 30.3 Å². The minimum Gasteiger partial charge on any atom is -0.392 e. The van der Waals surface area contributed by atoms with Crippen molar-refractivity contribution in [3.63, 3.8) is 0 Å². The fourth-order valence-electron chi connectivity index (χ4n) is 5.66. The topological polar surface area (TPSA) is 44.7 Å². The summed E-state index contributed by atoms with van der Waals surface area (Å²) in [4.78, 5) is 2.20. The number of nitrogens with zero attached hydrogens (tertiary/aromatic N) is 1. The van der Waals surface area contributed by atoms with E-state index >= 15 is 0 Å². The minimum absolute atomic E-state index is 0.0329. The average Bonchev–Trinajstić information content (AvgIpc) is 3.17. The Hall–Kier alpha value is -1.83. The van der Waals surface area contributed by atoms with Crippen LogP contribution in [0.25, 0.3) is 0 Å². The maximum absolute atomic E-state index is 13.4. The Kier molecular flexibility index (Phi) is 5.61. The van der Waals surface area contributed by atoms with Crippen molar-refractivity contribution in [2.24, 2.45) is 11.8 Å². The van der Waals surface area contributed by atoms with Gasteiger partial charge in [0.1, 0.15) is 0 Å². The van der Waals surface area contributed by atoms with Crippen LogP contribution in [0.4, 0.5) is 18.9 Å². The van der Waals surface area contributed by atoms with Gasteiger partial charge in [0.25, 0.3) is 0 Å². The van der Waals surface area contributed by atoms with Crippen LogP contribution in [0.15, 0.2) is 42.5 Å². The van der Waals surface area contributed by atoms with E-state index in [2.05, 4.69) is 28.4 Å². The number of alkyl halides is 3. The zero-order valence-corrected chi connectivity index (χ0v) is 17.4. The molecule has 7 heteroatoms. The van der Waals surface area contributed by atoms with E-state index in [1.54, 1.807) is 6.07 Å². The number of anilines is 1. The molecule has 3 aliphatic heterocycles. The van der Waals surface area contributed by atoms with Gasteiger partial charge in [-0.1, -0.05) is 24.3 Å².